The number of hydrogen-bond acceptors (Lipinski definition) is 4. The summed E-state index contributed by atoms with van der Waals surface area (Å²) in [5.74, 6) is -0.849. The maximum atomic E-state index is 11.6. The molecule has 0 amide bonds. The number of carboxylic acid groups (broad SMARTS) is 1. The molecule has 0 atom stereocenters. The summed E-state index contributed by atoms with van der Waals surface area (Å²) in [5.41, 5.74) is 0.704. The summed E-state index contributed by atoms with van der Waals surface area (Å²) in [7, 11) is -1.89. The molecule has 2 N–H and O–H groups in total. The summed E-state index contributed by atoms with van der Waals surface area (Å²) in [6, 6.07) is 1.61. The fourth-order valence-electron chi connectivity index (χ4n) is 1.33. The van der Waals surface area contributed by atoms with Crippen LogP contribution in [0.25, 0.3) is 0 Å². The fraction of sp³-hybridized carbons (Fsp3) is 0.556. The average Bonchev–Trinajstić information content (AvgIpc) is 2.42. The van der Waals surface area contributed by atoms with Crippen LogP contribution in [0.5, 0.6) is 0 Å². The topological polar surface area (TPSA) is 101 Å². The van der Waals surface area contributed by atoms with Gasteiger partial charge in [-0.1, -0.05) is 0 Å². The molecule has 1 aromatic heterocycles. The standard InChI is InChI=1S/C9H15N3O4S/c1-7-6-8(12(2)10-7)11-17(15,16)5-3-4-9(13)14/h6,11H,3-5H2,1-2H3,(H,13,14). The highest BCUT2D eigenvalue weighted by molar-refractivity contribution is 7.92. The monoisotopic (exact) mass is 261 g/mol. The van der Waals surface area contributed by atoms with Gasteiger partial charge in [-0.05, 0) is 13.3 Å². The molecule has 0 aliphatic rings. The van der Waals surface area contributed by atoms with E-state index in [0.29, 0.717) is 11.5 Å². The molecule has 0 saturated carbocycles. The van der Waals surface area contributed by atoms with E-state index >= 15 is 0 Å². The van der Waals surface area contributed by atoms with Crippen molar-refractivity contribution in [2.75, 3.05) is 10.5 Å². The molecule has 0 unspecified atom stereocenters. The molecule has 0 aromatic carbocycles. The normalized spacial score (nSPS) is 11.4. The largest absolute Gasteiger partial charge is 0.481 e. The Morgan fingerprint density at radius 1 is 1.59 bits per heavy atom. The van der Waals surface area contributed by atoms with Crippen LogP contribution in [0.4, 0.5) is 5.82 Å². The summed E-state index contributed by atoms with van der Waals surface area (Å²) in [5, 5.41) is 12.4. The first-order valence-corrected chi connectivity index (χ1v) is 6.68. The van der Waals surface area contributed by atoms with Gasteiger partial charge in [0.25, 0.3) is 0 Å². The number of carbonyl (C=O) groups is 1. The van der Waals surface area contributed by atoms with Gasteiger partial charge < -0.3 is 5.11 Å². The van der Waals surface area contributed by atoms with Gasteiger partial charge in [-0.3, -0.25) is 14.2 Å². The third kappa shape index (κ3) is 4.43. The zero-order chi connectivity index (χ0) is 13.1. The Morgan fingerprint density at radius 3 is 2.71 bits per heavy atom. The number of nitrogens with zero attached hydrogens (tertiary/aromatic N) is 2. The Kier molecular flexibility index (Phi) is 4.11. The number of hydrogen-bond donors (Lipinski definition) is 2. The summed E-state index contributed by atoms with van der Waals surface area (Å²) in [4.78, 5) is 10.3. The van der Waals surface area contributed by atoms with Crippen LogP contribution in [0.15, 0.2) is 6.07 Å². The quantitative estimate of drug-likeness (QED) is 0.768. The van der Waals surface area contributed by atoms with Gasteiger partial charge in [0.15, 0.2) is 0 Å². The molecule has 0 aliphatic carbocycles. The lowest BCUT2D eigenvalue weighted by Gasteiger charge is -2.06. The Bertz CT molecular complexity index is 506. The second-order valence-electron chi connectivity index (χ2n) is 3.71. The average molecular weight is 261 g/mol. The highest BCUT2D eigenvalue weighted by Gasteiger charge is 2.13. The summed E-state index contributed by atoms with van der Waals surface area (Å²) >= 11 is 0. The molecule has 0 radical (unpaired) electrons. The van der Waals surface area contributed by atoms with Crippen LogP contribution in [0, 0.1) is 6.92 Å². The highest BCUT2D eigenvalue weighted by atomic mass is 32.2. The van der Waals surface area contributed by atoms with Crippen LogP contribution in [-0.2, 0) is 21.9 Å². The molecule has 17 heavy (non-hydrogen) atoms. The van der Waals surface area contributed by atoms with Crippen molar-refractivity contribution in [3.63, 3.8) is 0 Å². The van der Waals surface area contributed by atoms with E-state index in [0.717, 1.165) is 0 Å². The SMILES string of the molecule is Cc1cc(NS(=O)(=O)CCCC(=O)O)n(C)n1. The minimum absolute atomic E-state index is 0.0848. The lowest BCUT2D eigenvalue weighted by molar-refractivity contribution is -0.137. The molecule has 0 aliphatic heterocycles. The van der Waals surface area contributed by atoms with E-state index in [2.05, 4.69) is 9.82 Å². The number of aliphatic carboxylic acids is 1. The predicted molar refractivity (Wildman–Crippen MR) is 62.2 cm³/mol. The van der Waals surface area contributed by atoms with E-state index in [-0.39, 0.29) is 18.6 Å². The van der Waals surface area contributed by atoms with Gasteiger partial charge in [-0.15, -0.1) is 0 Å². The first kappa shape index (κ1) is 13.5. The van der Waals surface area contributed by atoms with Gasteiger partial charge in [0.1, 0.15) is 5.82 Å². The van der Waals surface area contributed by atoms with Crippen LogP contribution < -0.4 is 4.72 Å². The second kappa shape index (κ2) is 5.17. The molecular weight excluding hydrogens is 246 g/mol. The number of anilines is 1. The van der Waals surface area contributed by atoms with E-state index in [1.165, 1.54) is 4.68 Å². The Labute approximate surface area is 99.5 Å². The van der Waals surface area contributed by atoms with Crippen molar-refractivity contribution in [1.29, 1.82) is 0 Å². The van der Waals surface area contributed by atoms with Crippen molar-refractivity contribution in [2.24, 2.45) is 7.05 Å². The Hall–Kier alpha value is -1.57. The number of aromatic nitrogens is 2. The summed E-state index contributed by atoms with van der Waals surface area (Å²) < 4.78 is 27.0. The van der Waals surface area contributed by atoms with Gasteiger partial charge in [-0.25, -0.2) is 8.42 Å². The predicted octanol–water partition coefficient (Wildman–Crippen LogP) is 0.335. The third-order valence-corrected chi connectivity index (χ3v) is 3.41. The third-order valence-electron chi connectivity index (χ3n) is 2.07. The molecule has 0 spiro atoms. The molecule has 96 valence electrons. The molecule has 1 rings (SSSR count). The summed E-state index contributed by atoms with van der Waals surface area (Å²) in [6.07, 6.45) is -0.0766. The van der Waals surface area contributed by atoms with Gasteiger partial charge in [-0.2, -0.15) is 5.10 Å². The lowest BCUT2D eigenvalue weighted by Crippen LogP contribution is -2.19. The van der Waals surface area contributed by atoms with Crippen LogP contribution >= 0.6 is 0 Å². The number of nitrogens with one attached hydrogen (secondary N) is 1. The van der Waals surface area contributed by atoms with Crippen molar-refractivity contribution >= 4 is 21.8 Å². The zero-order valence-electron chi connectivity index (χ0n) is 9.67. The van der Waals surface area contributed by atoms with Crippen molar-refractivity contribution in [1.82, 2.24) is 9.78 Å². The van der Waals surface area contributed by atoms with Crippen molar-refractivity contribution in [2.45, 2.75) is 19.8 Å². The van der Waals surface area contributed by atoms with Crippen LogP contribution in [0.2, 0.25) is 0 Å². The van der Waals surface area contributed by atoms with E-state index in [4.69, 9.17) is 5.11 Å². The minimum Gasteiger partial charge on any atom is -0.481 e. The number of rotatable bonds is 6. The first-order chi connectivity index (χ1) is 7.80. The van der Waals surface area contributed by atoms with E-state index < -0.39 is 16.0 Å². The van der Waals surface area contributed by atoms with Gasteiger partial charge in [0.2, 0.25) is 10.0 Å². The lowest BCUT2D eigenvalue weighted by atomic mass is 10.3. The smallest absolute Gasteiger partial charge is 0.303 e. The first-order valence-electron chi connectivity index (χ1n) is 5.03. The maximum absolute atomic E-state index is 11.6. The van der Waals surface area contributed by atoms with Gasteiger partial charge >= 0.3 is 5.97 Å². The molecule has 0 fully saturated rings. The molecule has 7 nitrogen and oxygen atoms in total. The summed E-state index contributed by atoms with van der Waals surface area (Å²) in [6.45, 7) is 1.75. The Morgan fingerprint density at radius 2 is 2.24 bits per heavy atom. The zero-order valence-corrected chi connectivity index (χ0v) is 10.5. The van der Waals surface area contributed by atoms with Crippen LogP contribution in [0.3, 0.4) is 0 Å². The molecule has 8 heteroatoms. The molecule has 1 heterocycles. The number of sulfonamides is 1. The van der Waals surface area contributed by atoms with Crippen molar-refractivity contribution in [3.8, 4) is 0 Å². The molecule has 0 bridgehead atoms. The van der Waals surface area contributed by atoms with Crippen molar-refractivity contribution < 1.29 is 18.3 Å². The van der Waals surface area contributed by atoms with E-state index in [1.807, 2.05) is 0 Å². The van der Waals surface area contributed by atoms with Crippen LogP contribution in [0.1, 0.15) is 18.5 Å². The second-order valence-corrected chi connectivity index (χ2v) is 5.55. The number of carboxylic acids is 1. The Balaban J connectivity index is 2.60. The minimum atomic E-state index is -3.51. The van der Waals surface area contributed by atoms with E-state index in [9.17, 15) is 13.2 Å². The van der Waals surface area contributed by atoms with Gasteiger partial charge in [0.05, 0.1) is 11.4 Å². The molecule has 1 aromatic rings. The highest BCUT2D eigenvalue weighted by Crippen LogP contribution is 2.11. The van der Waals surface area contributed by atoms with E-state index in [1.54, 1.807) is 20.0 Å². The fourth-order valence-corrected chi connectivity index (χ4v) is 2.47. The maximum Gasteiger partial charge on any atom is 0.303 e. The number of aryl methyl sites for hydroxylation is 2. The molecular formula is C9H15N3O4S. The molecule has 0 saturated heterocycles. The van der Waals surface area contributed by atoms with Crippen LogP contribution in [-0.4, -0.2) is 35.0 Å². The van der Waals surface area contributed by atoms with Gasteiger partial charge in [0, 0.05) is 19.5 Å². The van der Waals surface area contributed by atoms with Crippen molar-refractivity contribution in [3.05, 3.63) is 11.8 Å².